The van der Waals surface area contributed by atoms with Gasteiger partial charge in [-0.2, -0.15) is 0 Å². The molecule has 0 bridgehead atoms. The molecule has 0 aliphatic heterocycles. The first-order valence-electron chi connectivity index (χ1n) is 1.85. The van der Waals surface area contributed by atoms with Crippen molar-refractivity contribution in [3.05, 3.63) is 0 Å². The third kappa shape index (κ3) is 1660. The second kappa shape index (κ2) is 12.6. The minimum Gasteiger partial charge on any atom is -0.412 e. The van der Waals surface area contributed by atoms with Crippen LogP contribution >= 0.6 is 0 Å². The van der Waals surface area contributed by atoms with Gasteiger partial charge < -0.3 is 5.48 Å². The Kier molecular flexibility index (Phi) is 23.2. The van der Waals surface area contributed by atoms with Gasteiger partial charge in [0.05, 0.1) is 0 Å². The molecule has 17 heteroatoms. The van der Waals surface area contributed by atoms with Crippen LogP contribution in [-0.4, -0.2) is 5.48 Å². The maximum absolute atomic E-state index is 8.49. The van der Waals surface area contributed by atoms with Crippen molar-refractivity contribution in [2.75, 3.05) is 0 Å². The fraction of sp³-hybridized carbons (Fsp3) is 0. The topological polar surface area (TPSA) is 308 Å². The van der Waals surface area contributed by atoms with Crippen molar-refractivity contribution in [3.63, 3.8) is 0 Å². The zero-order chi connectivity index (χ0) is 13.5. The van der Waals surface area contributed by atoms with E-state index >= 15 is 0 Å². The fourth-order valence-electron chi connectivity index (χ4n) is 0. The van der Waals surface area contributed by atoms with Gasteiger partial charge >= 0.3 is 37.7 Å². The Morgan fingerprint density at radius 2 is 0.353 bits per heavy atom. The van der Waals surface area contributed by atoms with E-state index < -0.39 is 30.7 Å². The van der Waals surface area contributed by atoms with Gasteiger partial charge in [-0.3, -0.25) is 0 Å². The molecule has 0 spiro atoms. The molecule has 0 saturated carbocycles. The van der Waals surface area contributed by atoms with Crippen LogP contribution in [0.2, 0.25) is 0 Å². The van der Waals surface area contributed by atoms with E-state index in [2.05, 4.69) is 0 Å². The predicted molar refractivity (Wildman–Crippen MR) is 3.61 cm³/mol. The standard InChI is InChI=1S/3ClHO4.Ho.H2O/c3*2-1(3,4)5;;/h3*(H,2,3,4,5);;1H2/q;;;+3;/p-3. The average molecular weight is 481 g/mol. The molecule has 0 aliphatic carbocycles. The SMILES string of the molecule is O.[Ho+3].[O-][Cl+3]([O-])([O-])[O-].[O-][Cl+3]([O-])([O-])[O-].[O-][Cl+3]([O-])([O-])[O-]. The van der Waals surface area contributed by atoms with Gasteiger partial charge in [0.1, 0.15) is 0 Å². The van der Waals surface area contributed by atoms with E-state index in [1.54, 1.807) is 0 Å². The molecule has 17 heavy (non-hydrogen) atoms. The van der Waals surface area contributed by atoms with Crippen LogP contribution in [0.5, 0.6) is 0 Å². The third-order valence-electron chi connectivity index (χ3n) is 0. The molecule has 0 aliphatic rings. The molecule has 0 rings (SSSR count). The molecule has 0 radical (unpaired) electrons. The van der Waals surface area contributed by atoms with Crippen molar-refractivity contribution in [2.45, 2.75) is 0 Å². The van der Waals surface area contributed by atoms with E-state index in [1.807, 2.05) is 0 Å². The molecule has 0 aromatic carbocycles. The first-order chi connectivity index (χ1) is 6.00. The molecule has 0 amide bonds. The van der Waals surface area contributed by atoms with Crippen LogP contribution < -0.4 is 55.9 Å². The number of hydrogen-bond donors (Lipinski definition) is 0. The van der Waals surface area contributed by atoms with E-state index in [0.717, 1.165) is 0 Å². The Labute approximate surface area is 129 Å². The zero-order valence-electron chi connectivity index (χ0n) is 6.83. The Morgan fingerprint density at radius 1 is 0.353 bits per heavy atom. The minimum absolute atomic E-state index is 0. The molecule has 0 fully saturated rings. The molecule has 13 nitrogen and oxygen atoms in total. The van der Waals surface area contributed by atoms with Crippen LogP contribution in [0, 0.1) is 68.5 Å². The predicted octanol–water partition coefficient (Wildman–Crippen LogP) is -15.1. The van der Waals surface area contributed by atoms with Crippen LogP contribution in [-0.2, 0) is 0 Å². The van der Waals surface area contributed by atoms with E-state index in [1.165, 1.54) is 0 Å². The van der Waals surface area contributed by atoms with E-state index in [9.17, 15) is 0 Å². The average Bonchev–Trinajstić information content (AvgIpc) is 1.41. The summed E-state index contributed by atoms with van der Waals surface area (Å²) in [4.78, 5) is 0. The van der Waals surface area contributed by atoms with Gasteiger partial charge in [-0.1, -0.05) is 0 Å². The minimum atomic E-state index is -4.94. The van der Waals surface area contributed by atoms with Crippen LogP contribution in [0.25, 0.3) is 0 Å². The quantitative estimate of drug-likeness (QED) is 0.291. The summed E-state index contributed by atoms with van der Waals surface area (Å²) in [6.45, 7) is 0. The first-order valence-corrected chi connectivity index (χ1v) is 5.55. The molecule has 0 aromatic rings. The van der Waals surface area contributed by atoms with Gasteiger partial charge in [0.15, 0.2) is 0 Å². The smallest absolute Gasteiger partial charge is 0.412 e. The van der Waals surface area contributed by atoms with Crippen molar-refractivity contribution in [3.8, 4) is 0 Å². The third-order valence-corrected chi connectivity index (χ3v) is 0. The van der Waals surface area contributed by atoms with Crippen molar-refractivity contribution in [1.82, 2.24) is 0 Å². The van der Waals surface area contributed by atoms with E-state index in [4.69, 9.17) is 55.9 Å². The molecule has 0 heterocycles. The summed E-state index contributed by atoms with van der Waals surface area (Å²) in [5, 5.41) is 0. The van der Waals surface area contributed by atoms with Crippen LogP contribution in [0.1, 0.15) is 0 Å². The normalized spacial score (nSPS) is 10.6. The van der Waals surface area contributed by atoms with Gasteiger partial charge in [0.25, 0.3) is 0 Å². The largest absolute Gasteiger partial charge is 3.00 e. The monoisotopic (exact) mass is 480 g/mol. The second-order valence-electron chi connectivity index (χ2n) is 1.13. The van der Waals surface area contributed by atoms with Crippen molar-refractivity contribution in [2.24, 2.45) is 0 Å². The van der Waals surface area contributed by atoms with Crippen molar-refractivity contribution in [1.29, 1.82) is 0 Å². The summed E-state index contributed by atoms with van der Waals surface area (Å²) in [6.07, 6.45) is 0. The maximum Gasteiger partial charge on any atom is 3.00 e. The number of hydrogen-bond acceptors (Lipinski definition) is 12. The number of halogens is 3. The van der Waals surface area contributed by atoms with Gasteiger partial charge in [0.2, 0.25) is 0 Å². The van der Waals surface area contributed by atoms with Crippen molar-refractivity contribution < 1.29 is 130 Å². The summed E-state index contributed by atoms with van der Waals surface area (Å²) in [5.41, 5.74) is 0. The molecule has 0 aromatic heterocycles. The molecule has 0 saturated heterocycles. The maximum atomic E-state index is 8.49. The molecule has 0 unspecified atom stereocenters. The summed E-state index contributed by atoms with van der Waals surface area (Å²) >= 11 is 0. The summed E-state index contributed by atoms with van der Waals surface area (Å²) in [7, 11) is -14.8. The van der Waals surface area contributed by atoms with Crippen LogP contribution in [0.15, 0.2) is 0 Å². The Hall–Kier alpha value is 1.61. The van der Waals surface area contributed by atoms with Gasteiger partial charge in [-0.25, -0.2) is 55.9 Å². The van der Waals surface area contributed by atoms with E-state index in [0.29, 0.717) is 0 Å². The van der Waals surface area contributed by atoms with Crippen LogP contribution in [0.4, 0.5) is 0 Å². The summed E-state index contributed by atoms with van der Waals surface area (Å²) < 4.78 is 102. The Morgan fingerprint density at radius 3 is 0.353 bits per heavy atom. The molecule has 2 N–H and O–H groups in total. The number of rotatable bonds is 0. The summed E-state index contributed by atoms with van der Waals surface area (Å²) in [6, 6.07) is 0. The van der Waals surface area contributed by atoms with Crippen molar-refractivity contribution >= 4 is 0 Å². The summed E-state index contributed by atoms with van der Waals surface area (Å²) in [5.74, 6) is 0. The molecular weight excluding hydrogens is 479 g/mol. The molecule has 0 atom stereocenters. The molecule has 112 valence electrons. The fourth-order valence-corrected chi connectivity index (χ4v) is 0. The zero-order valence-corrected chi connectivity index (χ0v) is 11.0. The second-order valence-corrected chi connectivity index (χ2v) is 3.40. The van der Waals surface area contributed by atoms with Gasteiger partial charge in [0, 0.05) is 0 Å². The van der Waals surface area contributed by atoms with E-state index in [-0.39, 0.29) is 43.2 Å². The van der Waals surface area contributed by atoms with Gasteiger partial charge in [-0.05, 0) is 0 Å². The first kappa shape index (κ1) is 31.2. The van der Waals surface area contributed by atoms with Gasteiger partial charge in [-0.15, -0.1) is 30.7 Å². The Bertz CT molecular complexity index is 91.7. The molecular formula is H2Cl3HoO13. The Balaban J connectivity index is -0.0000000400. The van der Waals surface area contributed by atoms with Crippen LogP contribution in [0.3, 0.4) is 0 Å².